The van der Waals surface area contributed by atoms with Crippen molar-refractivity contribution in [2.75, 3.05) is 26.3 Å². The summed E-state index contributed by atoms with van der Waals surface area (Å²) in [6.45, 7) is 1.58. The molecule has 0 spiro atoms. The van der Waals surface area contributed by atoms with Gasteiger partial charge in [0, 0.05) is 0 Å². The highest BCUT2D eigenvalue weighted by molar-refractivity contribution is 4.87. The number of hydrogen-bond acceptors (Lipinski definition) is 4. The van der Waals surface area contributed by atoms with Crippen LogP contribution in [0, 0.1) is 0 Å². The molecule has 0 unspecified atom stereocenters. The fourth-order valence-corrected chi connectivity index (χ4v) is 1.08. The van der Waals surface area contributed by atoms with Gasteiger partial charge >= 0.3 is 0 Å². The third-order valence-corrected chi connectivity index (χ3v) is 1.82. The Labute approximate surface area is 60.2 Å². The zero-order valence-electron chi connectivity index (χ0n) is 5.93. The normalized spacial score (nSPS) is 24.6. The molecule has 1 saturated heterocycles. The minimum absolute atomic E-state index is 0.0660. The maximum absolute atomic E-state index is 8.86. The molecule has 0 aliphatic carbocycles. The molecule has 4 nitrogen and oxygen atoms in total. The first-order valence-corrected chi connectivity index (χ1v) is 3.55. The average Bonchev–Trinajstić information content (AvgIpc) is 2.06. The van der Waals surface area contributed by atoms with E-state index in [1.807, 2.05) is 0 Å². The van der Waals surface area contributed by atoms with Gasteiger partial charge in [-0.2, -0.15) is 0 Å². The Bertz CT molecular complexity index is 95.9. The Morgan fingerprint density at radius 1 is 1.10 bits per heavy atom. The average molecular weight is 146 g/mol. The van der Waals surface area contributed by atoms with Crippen molar-refractivity contribution in [3.8, 4) is 0 Å². The third kappa shape index (κ3) is 1.46. The van der Waals surface area contributed by atoms with E-state index in [4.69, 9.17) is 10.2 Å². The molecule has 1 fully saturated rings. The molecule has 0 atom stereocenters. The van der Waals surface area contributed by atoms with E-state index in [1.54, 1.807) is 0 Å². The zero-order chi connectivity index (χ0) is 7.45. The van der Waals surface area contributed by atoms with Gasteiger partial charge in [0.05, 0.1) is 13.2 Å². The van der Waals surface area contributed by atoms with Crippen molar-refractivity contribution in [1.29, 1.82) is 0 Å². The SMILES string of the molecule is OCC1(CO)NCCCN1. The van der Waals surface area contributed by atoms with Gasteiger partial charge in [-0.05, 0) is 19.5 Å². The Balaban J connectivity index is 2.44. The smallest absolute Gasteiger partial charge is 0.116 e. The van der Waals surface area contributed by atoms with Crippen LogP contribution in [-0.4, -0.2) is 42.2 Å². The molecule has 1 rings (SSSR count). The summed E-state index contributed by atoms with van der Waals surface area (Å²) >= 11 is 0. The molecule has 1 aliphatic rings. The fourth-order valence-electron chi connectivity index (χ4n) is 1.08. The summed E-state index contributed by atoms with van der Waals surface area (Å²) in [4.78, 5) is 0. The van der Waals surface area contributed by atoms with Gasteiger partial charge in [0.1, 0.15) is 5.66 Å². The summed E-state index contributed by atoms with van der Waals surface area (Å²) in [5.41, 5.74) is -0.627. The number of aliphatic hydroxyl groups excluding tert-OH is 2. The maximum Gasteiger partial charge on any atom is 0.116 e. The quantitative estimate of drug-likeness (QED) is 0.373. The zero-order valence-corrected chi connectivity index (χ0v) is 5.93. The molecule has 0 amide bonds. The van der Waals surface area contributed by atoms with E-state index in [0.717, 1.165) is 19.5 Å². The molecule has 0 aromatic heterocycles. The van der Waals surface area contributed by atoms with E-state index in [1.165, 1.54) is 0 Å². The molecule has 10 heavy (non-hydrogen) atoms. The number of rotatable bonds is 2. The van der Waals surface area contributed by atoms with Crippen molar-refractivity contribution in [3.63, 3.8) is 0 Å². The van der Waals surface area contributed by atoms with Crippen LogP contribution in [-0.2, 0) is 0 Å². The maximum atomic E-state index is 8.86. The van der Waals surface area contributed by atoms with Gasteiger partial charge < -0.3 is 10.2 Å². The van der Waals surface area contributed by atoms with Gasteiger partial charge in [0.15, 0.2) is 0 Å². The van der Waals surface area contributed by atoms with Crippen LogP contribution in [0.4, 0.5) is 0 Å². The molecule has 60 valence electrons. The monoisotopic (exact) mass is 146 g/mol. The highest BCUT2D eigenvalue weighted by atomic mass is 16.3. The van der Waals surface area contributed by atoms with E-state index < -0.39 is 5.66 Å². The van der Waals surface area contributed by atoms with Gasteiger partial charge in [-0.25, -0.2) is 0 Å². The van der Waals surface area contributed by atoms with Crippen LogP contribution in [0.3, 0.4) is 0 Å². The molecule has 4 heteroatoms. The van der Waals surface area contributed by atoms with Crippen molar-refractivity contribution in [2.24, 2.45) is 0 Å². The number of hydrogen-bond donors (Lipinski definition) is 4. The predicted molar refractivity (Wildman–Crippen MR) is 37.5 cm³/mol. The van der Waals surface area contributed by atoms with Gasteiger partial charge in [-0.1, -0.05) is 0 Å². The Morgan fingerprint density at radius 2 is 1.60 bits per heavy atom. The second kappa shape index (κ2) is 3.30. The van der Waals surface area contributed by atoms with Gasteiger partial charge in [0.2, 0.25) is 0 Å². The van der Waals surface area contributed by atoms with Crippen LogP contribution in [0.5, 0.6) is 0 Å². The van der Waals surface area contributed by atoms with Crippen molar-refractivity contribution in [2.45, 2.75) is 12.1 Å². The van der Waals surface area contributed by atoms with Crippen molar-refractivity contribution < 1.29 is 10.2 Å². The van der Waals surface area contributed by atoms with Gasteiger partial charge in [-0.3, -0.25) is 10.6 Å². The van der Waals surface area contributed by atoms with Crippen LogP contribution >= 0.6 is 0 Å². The van der Waals surface area contributed by atoms with E-state index >= 15 is 0 Å². The Morgan fingerprint density at radius 3 is 1.90 bits per heavy atom. The van der Waals surface area contributed by atoms with Crippen molar-refractivity contribution in [1.82, 2.24) is 10.6 Å². The largest absolute Gasteiger partial charge is 0.393 e. The minimum Gasteiger partial charge on any atom is -0.393 e. The lowest BCUT2D eigenvalue weighted by atomic mass is 10.1. The van der Waals surface area contributed by atoms with E-state index in [9.17, 15) is 0 Å². The summed E-state index contributed by atoms with van der Waals surface area (Å²) in [7, 11) is 0. The van der Waals surface area contributed by atoms with Gasteiger partial charge in [-0.15, -0.1) is 0 Å². The summed E-state index contributed by atoms with van der Waals surface area (Å²) in [6, 6.07) is 0. The lowest BCUT2D eigenvalue weighted by Crippen LogP contribution is -2.65. The van der Waals surface area contributed by atoms with E-state index in [-0.39, 0.29) is 13.2 Å². The van der Waals surface area contributed by atoms with E-state index in [0.29, 0.717) is 0 Å². The minimum atomic E-state index is -0.627. The molecular weight excluding hydrogens is 132 g/mol. The molecule has 0 bridgehead atoms. The lowest BCUT2D eigenvalue weighted by molar-refractivity contribution is 0.0526. The first kappa shape index (κ1) is 7.94. The summed E-state index contributed by atoms with van der Waals surface area (Å²) in [5.74, 6) is 0. The molecule has 4 N–H and O–H groups in total. The van der Waals surface area contributed by atoms with Crippen LogP contribution < -0.4 is 10.6 Å². The first-order valence-electron chi connectivity index (χ1n) is 3.55. The van der Waals surface area contributed by atoms with Crippen LogP contribution in [0.1, 0.15) is 6.42 Å². The fraction of sp³-hybridized carbons (Fsp3) is 1.00. The molecule has 0 aromatic rings. The highest BCUT2D eigenvalue weighted by Gasteiger charge is 2.28. The molecule has 0 saturated carbocycles. The predicted octanol–water partition coefficient (Wildman–Crippen LogP) is -1.75. The third-order valence-electron chi connectivity index (χ3n) is 1.82. The molecule has 0 radical (unpaired) electrons. The molecule has 1 heterocycles. The highest BCUT2D eigenvalue weighted by Crippen LogP contribution is 2.01. The van der Waals surface area contributed by atoms with Crippen LogP contribution in [0.15, 0.2) is 0 Å². The molecule has 0 aromatic carbocycles. The second-order valence-corrected chi connectivity index (χ2v) is 2.61. The summed E-state index contributed by atoms with van der Waals surface area (Å²) < 4.78 is 0. The molecule has 1 aliphatic heterocycles. The van der Waals surface area contributed by atoms with Crippen molar-refractivity contribution in [3.05, 3.63) is 0 Å². The Kier molecular flexibility index (Phi) is 2.62. The second-order valence-electron chi connectivity index (χ2n) is 2.61. The van der Waals surface area contributed by atoms with Crippen molar-refractivity contribution >= 4 is 0 Å². The lowest BCUT2D eigenvalue weighted by Gasteiger charge is -2.36. The number of aliphatic hydroxyl groups is 2. The van der Waals surface area contributed by atoms with Crippen LogP contribution in [0.25, 0.3) is 0 Å². The summed E-state index contributed by atoms with van der Waals surface area (Å²) in [5, 5.41) is 23.8. The standard InChI is InChI=1S/C6H14N2O2/c9-4-6(5-10)7-2-1-3-8-6/h7-10H,1-5H2. The molecular formula is C6H14N2O2. The topological polar surface area (TPSA) is 64.5 Å². The number of nitrogens with one attached hydrogen (secondary N) is 2. The van der Waals surface area contributed by atoms with E-state index in [2.05, 4.69) is 10.6 Å². The van der Waals surface area contributed by atoms with Crippen LogP contribution in [0.2, 0.25) is 0 Å². The van der Waals surface area contributed by atoms with Gasteiger partial charge in [0.25, 0.3) is 0 Å². The first-order chi connectivity index (χ1) is 4.83. The summed E-state index contributed by atoms with van der Waals surface area (Å²) in [6.07, 6.45) is 1.04. The Hall–Kier alpha value is -0.160.